The van der Waals surface area contributed by atoms with Gasteiger partial charge in [-0.3, -0.25) is 0 Å². The van der Waals surface area contributed by atoms with Crippen LogP contribution in [-0.2, 0) is 0 Å². The molecule has 2 heterocycles. The summed E-state index contributed by atoms with van der Waals surface area (Å²) in [5, 5.41) is 6.91. The third-order valence-corrected chi connectivity index (χ3v) is 3.99. The summed E-state index contributed by atoms with van der Waals surface area (Å²) in [7, 11) is 0. The van der Waals surface area contributed by atoms with Gasteiger partial charge in [0.05, 0.1) is 22.1 Å². The summed E-state index contributed by atoms with van der Waals surface area (Å²) < 4.78 is 11.2. The average molecular weight is 354 g/mol. The van der Waals surface area contributed by atoms with Crippen molar-refractivity contribution in [2.24, 2.45) is 0 Å². The van der Waals surface area contributed by atoms with Crippen LogP contribution in [0.1, 0.15) is 13.8 Å². The summed E-state index contributed by atoms with van der Waals surface area (Å²) in [6, 6.07) is 9.84. The number of thiocarbonyl (C=S) groups is 1. The van der Waals surface area contributed by atoms with Gasteiger partial charge in [0.15, 0.2) is 16.6 Å². The van der Waals surface area contributed by atoms with Crippen molar-refractivity contribution in [2.45, 2.75) is 19.9 Å². The van der Waals surface area contributed by atoms with E-state index in [0.29, 0.717) is 24.1 Å². The van der Waals surface area contributed by atoms with Crippen LogP contribution >= 0.6 is 12.2 Å². The molecule has 6 nitrogen and oxygen atoms in total. The minimum atomic E-state index is 0.276. The molecule has 1 aliphatic rings. The first-order valence-corrected chi connectivity index (χ1v) is 8.58. The van der Waals surface area contributed by atoms with Gasteiger partial charge in [-0.25, -0.2) is 9.97 Å². The maximum atomic E-state index is 5.63. The van der Waals surface area contributed by atoms with Gasteiger partial charge in [0, 0.05) is 23.9 Å². The Hall–Kier alpha value is -2.67. The molecule has 4 rings (SSSR count). The Morgan fingerprint density at radius 3 is 2.20 bits per heavy atom. The molecule has 25 heavy (non-hydrogen) atoms. The Kier molecular flexibility index (Phi) is 4.01. The Bertz CT molecular complexity index is 974. The van der Waals surface area contributed by atoms with E-state index in [0.717, 1.165) is 33.5 Å². The van der Waals surface area contributed by atoms with E-state index in [4.69, 9.17) is 26.7 Å². The van der Waals surface area contributed by atoms with Gasteiger partial charge in [-0.1, -0.05) is 0 Å². The molecule has 0 amide bonds. The first-order chi connectivity index (χ1) is 12.1. The zero-order valence-electron chi connectivity index (χ0n) is 14.0. The number of anilines is 1. The van der Waals surface area contributed by atoms with Crippen molar-refractivity contribution in [1.29, 1.82) is 0 Å². The first kappa shape index (κ1) is 15.8. The van der Waals surface area contributed by atoms with Gasteiger partial charge in [-0.15, -0.1) is 0 Å². The number of ether oxygens (including phenoxy) is 2. The van der Waals surface area contributed by atoms with Crippen LogP contribution in [0.3, 0.4) is 0 Å². The zero-order valence-corrected chi connectivity index (χ0v) is 14.8. The summed E-state index contributed by atoms with van der Waals surface area (Å²) >= 11 is 5.29. The highest BCUT2D eigenvalue weighted by Crippen LogP contribution is 2.34. The van der Waals surface area contributed by atoms with Crippen molar-refractivity contribution in [3.63, 3.8) is 0 Å². The van der Waals surface area contributed by atoms with E-state index in [1.54, 1.807) is 0 Å². The standard InChI is InChI=1S/C18H18N4O2S/c1-10(2)19-18(25)20-11-3-4-12-13(7-11)22-15-9-17-16(8-14(15)21-12)23-5-6-24-17/h3-4,7-10H,5-6H2,1-2H3,(H2,19,20,25). The van der Waals surface area contributed by atoms with Crippen molar-refractivity contribution in [2.75, 3.05) is 18.5 Å². The highest BCUT2D eigenvalue weighted by Gasteiger charge is 2.14. The molecule has 0 radical (unpaired) electrons. The maximum Gasteiger partial charge on any atom is 0.170 e. The van der Waals surface area contributed by atoms with E-state index in [2.05, 4.69) is 15.6 Å². The molecule has 2 N–H and O–H groups in total. The second-order valence-electron chi connectivity index (χ2n) is 6.16. The number of nitrogens with zero attached hydrogens (tertiary/aromatic N) is 2. The van der Waals surface area contributed by atoms with E-state index in [-0.39, 0.29) is 6.04 Å². The summed E-state index contributed by atoms with van der Waals surface area (Å²) in [4.78, 5) is 9.39. The highest BCUT2D eigenvalue weighted by atomic mass is 32.1. The molecule has 2 aromatic carbocycles. The van der Waals surface area contributed by atoms with Crippen LogP contribution in [0.15, 0.2) is 30.3 Å². The Morgan fingerprint density at radius 2 is 1.56 bits per heavy atom. The van der Waals surface area contributed by atoms with Gasteiger partial charge >= 0.3 is 0 Å². The maximum absolute atomic E-state index is 5.63. The third kappa shape index (κ3) is 3.28. The molecular weight excluding hydrogens is 336 g/mol. The molecule has 0 atom stereocenters. The number of fused-ring (bicyclic) bond motifs is 3. The van der Waals surface area contributed by atoms with Crippen LogP contribution in [0.4, 0.5) is 5.69 Å². The number of rotatable bonds is 2. The van der Waals surface area contributed by atoms with E-state index in [9.17, 15) is 0 Å². The monoisotopic (exact) mass is 354 g/mol. The van der Waals surface area contributed by atoms with E-state index >= 15 is 0 Å². The van der Waals surface area contributed by atoms with Crippen LogP contribution in [-0.4, -0.2) is 34.3 Å². The molecule has 0 saturated heterocycles. The minimum Gasteiger partial charge on any atom is -0.486 e. The fourth-order valence-corrected chi connectivity index (χ4v) is 3.07. The molecule has 0 spiro atoms. The molecule has 128 valence electrons. The van der Waals surface area contributed by atoms with E-state index in [1.807, 2.05) is 44.2 Å². The van der Waals surface area contributed by atoms with Crippen LogP contribution in [0.25, 0.3) is 22.1 Å². The Balaban J connectivity index is 1.71. The molecule has 0 saturated carbocycles. The molecule has 0 bridgehead atoms. The highest BCUT2D eigenvalue weighted by molar-refractivity contribution is 7.80. The summed E-state index contributed by atoms with van der Waals surface area (Å²) in [5.41, 5.74) is 4.04. The molecule has 1 aromatic heterocycles. The van der Waals surface area contributed by atoms with Gasteiger partial charge in [0.1, 0.15) is 13.2 Å². The van der Waals surface area contributed by atoms with Gasteiger partial charge in [-0.05, 0) is 44.3 Å². The summed E-state index contributed by atoms with van der Waals surface area (Å²) in [6.07, 6.45) is 0. The predicted octanol–water partition coefficient (Wildman–Crippen LogP) is 3.25. The lowest BCUT2D eigenvalue weighted by atomic mass is 10.2. The number of aromatic nitrogens is 2. The normalized spacial score (nSPS) is 13.2. The Morgan fingerprint density at radius 1 is 0.960 bits per heavy atom. The average Bonchev–Trinajstić information content (AvgIpc) is 2.57. The molecule has 3 aromatic rings. The second-order valence-corrected chi connectivity index (χ2v) is 6.57. The van der Waals surface area contributed by atoms with Crippen LogP contribution in [0.2, 0.25) is 0 Å². The lowest BCUT2D eigenvalue weighted by molar-refractivity contribution is 0.172. The number of nitrogens with one attached hydrogen (secondary N) is 2. The molecule has 1 aliphatic heterocycles. The number of hydrogen-bond acceptors (Lipinski definition) is 5. The summed E-state index contributed by atoms with van der Waals surface area (Å²) in [6.45, 7) is 5.18. The van der Waals surface area contributed by atoms with Crippen molar-refractivity contribution in [3.8, 4) is 11.5 Å². The largest absolute Gasteiger partial charge is 0.486 e. The quantitative estimate of drug-likeness (QED) is 0.541. The smallest absolute Gasteiger partial charge is 0.170 e. The van der Waals surface area contributed by atoms with Crippen molar-refractivity contribution < 1.29 is 9.47 Å². The second kappa shape index (κ2) is 6.33. The van der Waals surface area contributed by atoms with Crippen molar-refractivity contribution in [1.82, 2.24) is 15.3 Å². The zero-order chi connectivity index (χ0) is 17.4. The first-order valence-electron chi connectivity index (χ1n) is 8.17. The number of hydrogen-bond donors (Lipinski definition) is 2. The van der Waals surface area contributed by atoms with Gasteiger partial charge in [0.2, 0.25) is 0 Å². The van der Waals surface area contributed by atoms with Gasteiger partial charge in [-0.2, -0.15) is 0 Å². The minimum absolute atomic E-state index is 0.276. The van der Waals surface area contributed by atoms with E-state index in [1.165, 1.54) is 0 Å². The molecule has 7 heteroatoms. The molecule has 0 unspecified atom stereocenters. The van der Waals surface area contributed by atoms with E-state index < -0.39 is 0 Å². The van der Waals surface area contributed by atoms with Crippen LogP contribution in [0.5, 0.6) is 11.5 Å². The molecule has 0 fully saturated rings. The van der Waals surface area contributed by atoms with Crippen molar-refractivity contribution >= 4 is 45.1 Å². The third-order valence-electron chi connectivity index (χ3n) is 3.77. The van der Waals surface area contributed by atoms with Crippen LogP contribution < -0.4 is 20.1 Å². The Labute approximate surface area is 150 Å². The van der Waals surface area contributed by atoms with Crippen molar-refractivity contribution in [3.05, 3.63) is 30.3 Å². The topological polar surface area (TPSA) is 68.3 Å². The van der Waals surface area contributed by atoms with Crippen LogP contribution in [0, 0.1) is 0 Å². The lowest BCUT2D eigenvalue weighted by Crippen LogP contribution is -2.33. The summed E-state index contributed by atoms with van der Waals surface area (Å²) in [5.74, 6) is 1.43. The lowest BCUT2D eigenvalue weighted by Gasteiger charge is -2.18. The predicted molar refractivity (Wildman–Crippen MR) is 103 cm³/mol. The fourth-order valence-electron chi connectivity index (χ4n) is 2.72. The van der Waals surface area contributed by atoms with Gasteiger partial charge in [0.25, 0.3) is 0 Å². The SMILES string of the molecule is CC(C)NC(=S)Nc1ccc2nc3cc4c(cc3nc2c1)OCCO4. The molecule has 0 aliphatic carbocycles. The number of benzene rings is 2. The van der Waals surface area contributed by atoms with Gasteiger partial charge < -0.3 is 20.1 Å². The molecular formula is C18H18N4O2S. The fraction of sp³-hybridized carbons (Fsp3) is 0.278.